The van der Waals surface area contributed by atoms with Crippen molar-refractivity contribution in [2.75, 3.05) is 0 Å². The van der Waals surface area contributed by atoms with Crippen molar-refractivity contribution in [3.63, 3.8) is 0 Å². The molecule has 0 fully saturated rings. The number of benzene rings is 3. The highest BCUT2D eigenvalue weighted by molar-refractivity contribution is 7.09. The zero-order valence-corrected chi connectivity index (χ0v) is 15.2. The van der Waals surface area contributed by atoms with Gasteiger partial charge in [0.2, 0.25) is 5.88 Å². The molecule has 0 amide bonds. The van der Waals surface area contributed by atoms with Crippen LogP contribution in [0.15, 0.2) is 84.9 Å². The van der Waals surface area contributed by atoms with Crippen LogP contribution in [-0.2, 0) is 6.61 Å². The van der Waals surface area contributed by atoms with Crippen LogP contribution >= 0.6 is 11.5 Å². The molecule has 0 unspecified atom stereocenters. The van der Waals surface area contributed by atoms with Gasteiger partial charge < -0.3 is 14.6 Å². The Hall–Kier alpha value is -3.31. The Morgan fingerprint density at radius 3 is 2.30 bits per heavy atom. The molecule has 0 bridgehead atoms. The number of rotatable bonds is 6. The summed E-state index contributed by atoms with van der Waals surface area (Å²) in [5, 5.41) is 9.36. The van der Waals surface area contributed by atoms with Gasteiger partial charge in [0.25, 0.3) is 0 Å². The van der Waals surface area contributed by atoms with Crippen LogP contribution in [0.4, 0.5) is 0 Å². The Balaban J connectivity index is 1.39. The second kappa shape index (κ2) is 7.93. The van der Waals surface area contributed by atoms with E-state index < -0.39 is 0 Å². The summed E-state index contributed by atoms with van der Waals surface area (Å²) >= 11 is 1.27. The molecule has 1 aromatic heterocycles. The van der Waals surface area contributed by atoms with Gasteiger partial charge in [0.05, 0.1) is 4.88 Å². The molecule has 134 valence electrons. The zero-order chi connectivity index (χ0) is 18.5. The Kier molecular flexibility index (Phi) is 5.03. The van der Waals surface area contributed by atoms with E-state index in [1.54, 1.807) is 6.07 Å². The minimum Gasteiger partial charge on any atom is -0.493 e. The minimum absolute atomic E-state index is 0.0490. The minimum atomic E-state index is 0.0490. The fourth-order valence-corrected chi connectivity index (χ4v) is 3.25. The lowest BCUT2D eigenvalue weighted by molar-refractivity contribution is 0.305. The normalized spacial score (nSPS) is 10.5. The maximum Gasteiger partial charge on any atom is 0.223 e. The van der Waals surface area contributed by atoms with E-state index in [0.29, 0.717) is 6.61 Å². The molecule has 0 atom stereocenters. The lowest BCUT2D eigenvalue weighted by atomic mass is 10.2. The van der Waals surface area contributed by atoms with Gasteiger partial charge in [-0.1, -0.05) is 30.3 Å². The Bertz CT molecular complexity index is 1010. The van der Waals surface area contributed by atoms with Crippen LogP contribution in [0.5, 0.6) is 23.1 Å². The molecule has 27 heavy (non-hydrogen) atoms. The molecule has 0 saturated heterocycles. The molecule has 0 saturated carbocycles. The first-order valence-corrected chi connectivity index (χ1v) is 9.24. The lowest BCUT2D eigenvalue weighted by Crippen LogP contribution is -1.95. The molecule has 5 heteroatoms. The number of para-hydroxylation sites is 1. The van der Waals surface area contributed by atoms with Crippen LogP contribution in [-0.4, -0.2) is 9.48 Å². The van der Waals surface area contributed by atoms with Gasteiger partial charge in [-0.3, -0.25) is 0 Å². The second-order valence-electron chi connectivity index (χ2n) is 5.92. The Morgan fingerprint density at radius 1 is 0.778 bits per heavy atom. The summed E-state index contributed by atoms with van der Waals surface area (Å²) < 4.78 is 15.6. The van der Waals surface area contributed by atoms with Gasteiger partial charge in [0.1, 0.15) is 23.9 Å². The Morgan fingerprint density at radius 2 is 1.56 bits per heavy atom. The summed E-state index contributed by atoms with van der Waals surface area (Å²) in [6.45, 7) is 0.451. The molecular formula is C22H17NO3S. The van der Waals surface area contributed by atoms with Crippen LogP contribution in [0.25, 0.3) is 10.4 Å². The van der Waals surface area contributed by atoms with Crippen LogP contribution in [0, 0.1) is 0 Å². The number of hydrogen-bond acceptors (Lipinski definition) is 5. The van der Waals surface area contributed by atoms with Gasteiger partial charge in [0.15, 0.2) is 0 Å². The summed E-state index contributed by atoms with van der Waals surface area (Å²) in [6, 6.07) is 26.9. The van der Waals surface area contributed by atoms with E-state index in [9.17, 15) is 5.11 Å². The first kappa shape index (κ1) is 17.1. The highest BCUT2D eigenvalue weighted by Gasteiger charge is 2.04. The number of ether oxygens (including phenoxy) is 2. The van der Waals surface area contributed by atoms with Gasteiger partial charge >= 0.3 is 0 Å². The molecule has 4 rings (SSSR count). The summed E-state index contributed by atoms with van der Waals surface area (Å²) in [6.07, 6.45) is 0. The third kappa shape index (κ3) is 4.46. The fourth-order valence-electron chi connectivity index (χ4n) is 2.61. The smallest absolute Gasteiger partial charge is 0.223 e. The second-order valence-corrected chi connectivity index (χ2v) is 6.73. The highest BCUT2D eigenvalue weighted by atomic mass is 32.1. The molecule has 0 radical (unpaired) electrons. The van der Waals surface area contributed by atoms with Crippen LogP contribution < -0.4 is 9.47 Å². The number of hydrogen-bond donors (Lipinski definition) is 1. The van der Waals surface area contributed by atoms with E-state index in [2.05, 4.69) is 4.37 Å². The molecule has 4 nitrogen and oxygen atoms in total. The monoisotopic (exact) mass is 375 g/mol. The third-order valence-corrected chi connectivity index (χ3v) is 4.75. The maximum atomic E-state index is 9.36. The Labute approximate surface area is 161 Å². The SMILES string of the molecule is Oc1cc(-c2ccc(OCc3cccc(Oc4ccccc4)c3)cc2)sn1. The summed E-state index contributed by atoms with van der Waals surface area (Å²) in [5.74, 6) is 2.41. The number of aromatic hydroxyl groups is 1. The molecule has 0 aliphatic rings. The van der Waals surface area contributed by atoms with E-state index in [0.717, 1.165) is 33.3 Å². The molecule has 0 spiro atoms. The summed E-state index contributed by atoms with van der Waals surface area (Å²) in [5.41, 5.74) is 2.03. The van der Waals surface area contributed by atoms with Crippen molar-refractivity contribution in [3.8, 4) is 33.6 Å². The van der Waals surface area contributed by atoms with Gasteiger partial charge in [-0.25, -0.2) is 0 Å². The molecule has 4 aromatic rings. The number of aromatic nitrogens is 1. The summed E-state index contributed by atoms with van der Waals surface area (Å²) in [4.78, 5) is 0.921. The first-order chi connectivity index (χ1) is 13.3. The van der Waals surface area contributed by atoms with E-state index in [4.69, 9.17) is 9.47 Å². The zero-order valence-electron chi connectivity index (χ0n) is 14.4. The van der Waals surface area contributed by atoms with Gasteiger partial charge in [-0.05, 0) is 71.2 Å². The highest BCUT2D eigenvalue weighted by Crippen LogP contribution is 2.29. The standard InChI is InChI=1S/C22H17NO3S/c24-22-14-21(27-23-22)17-9-11-18(12-10-17)25-15-16-5-4-8-20(13-16)26-19-6-2-1-3-7-19/h1-14H,15H2,(H,23,24). The topological polar surface area (TPSA) is 51.6 Å². The molecule has 0 aliphatic carbocycles. The lowest BCUT2D eigenvalue weighted by Gasteiger charge is -2.09. The van der Waals surface area contributed by atoms with Crippen LogP contribution in [0.2, 0.25) is 0 Å². The van der Waals surface area contributed by atoms with Crippen molar-refractivity contribution in [3.05, 3.63) is 90.5 Å². The van der Waals surface area contributed by atoms with Crippen molar-refractivity contribution in [1.82, 2.24) is 4.37 Å². The van der Waals surface area contributed by atoms with Crippen molar-refractivity contribution in [1.29, 1.82) is 0 Å². The molecule has 3 aromatic carbocycles. The van der Waals surface area contributed by atoms with Crippen molar-refractivity contribution >= 4 is 11.5 Å². The van der Waals surface area contributed by atoms with Gasteiger partial charge in [0, 0.05) is 6.07 Å². The van der Waals surface area contributed by atoms with Crippen LogP contribution in [0.3, 0.4) is 0 Å². The van der Waals surface area contributed by atoms with Crippen molar-refractivity contribution < 1.29 is 14.6 Å². The van der Waals surface area contributed by atoms with E-state index in [-0.39, 0.29) is 5.88 Å². The van der Waals surface area contributed by atoms with E-state index >= 15 is 0 Å². The van der Waals surface area contributed by atoms with Gasteiger partial charge in [-0.2, -0.15) is 4.37 Å². The van der Waals surface area contributed by atoms with Crippen molar-refractivity contribution in [2.24, 2.45) is 0 Å². The molecule has 1 heterocycles. The third-order valence-electron chi connectivity index (χ3n) is 3.92. The number of nitrogens with zero attached hydrogens (tertiary/aromatic N) is 1. The predicted molar refractivity (Wildman–Crippen MR) is 107 cm³/mol. The first-order valence-electron chi connectivity index (χ1n) is 8.47. The fraction of sp³-hybridized carbons (Fsp3) is 0.0455. The molecule has 0 aliphatic heterocycles. The maximum absolute atomic E-state index is 9.36. The van der Waals surface area contributed by atoms with Crippen LogP contribution in [0.1, 0.15) is 5.56 Å². The van der Waals surface area contributed by atoms with E-state index in [1.807, 2.05) is 78.9 Å². The predicted octanol–water partition coefficient (Wildman–Crippen LogP) is 5.89. The average molecular weight is 375 g/mol. The molecular weight excluding hydrogens is 358 g/mol. The average Bonchev–Trinajstić information content (AvgIpc) is 3.14. The molecule has 1 N–H and O–H groups in total. The largest absolute Gasteiger partial charge is 0.493 e. The van der Waals surface area contributed by atoms with E-state index in [1.165, 1.54) is 11.5 Å². The van der Waals surface area contributed by atoms with Gasteiger partial charge in [-0.15, -0.1) is 0 Å². The summed E-state index contributed by atoms with van der Waals surface area (Å²) in [7, 11) is 0. The quantitative estimate of drug-likeness (QED) is 0.457. The van der Waals surface area contributed by atoms with Crippen molar-refractivity contribution in [2.45, 2.75) is 6.61 Å².